The Bertz CT molecular complexity index is 516. The Morgan fingerprint density at radius 1 is 1.37 bits per heavy atom. The number of carbonyl (C=O) groups is 1. The molecule has 0 saturated carbocycles. The molecule has 1 rings (SSSR count). The van der Waals surface area contributed by atoms with Crippen molar-refractivity contribution in [1.82, 2.24) is 5.32 Å². The van der Waals surface area contributed by atoms with E-state index < -0.39 is 27.3 Å². The number of hydrogen-bond donors (Lipinski definition) is 3. The third-order valence-corrected chi connectivity index (χ3v) is 4.16. The number of carbonyl (C=O) groups excluding carboxylic acids is 1. The molecule has 2 N–H and O–H groups in total. The van der Waals surface area contributed by atoms with Gasteiger partial charge < -0.3 is 5.32 Å². The summed E-state index contributed by atoms with van der Waals surface area (Å²) in [6, 6.07) is 9.37. The van der Waals surface area contributed by atoms with Crippen molar-refractivity contribution in [3.8, 4) is 0 Å². The lowest BCUT2D eigenvalue weighted by molar-refractivity contribution is -0.124. The number of benzene rings is 1. The molecule has 2 atom stereocenters. The van der Waals surface area contributed by atoms with Crippen LogP contribution in [0, 0.1) is 5.92 Å². The van der Waals surface area contributed by atoms with E-state index in [1.807, 2.05) is 30.3 Å². The maximum atomic E-state index is 11.9. The Balaban J connectivity index is 2.68. The lowest BCUT2D eigenvalue weighted by Crippen LogP contribution is -2.42. The summed E-state index contributed by atoms with van der Waals surface area (Å²) < 4.78 is 30.5. The van der Waals surface area contributed by atoms with Crippen LogP contribution in [0.5, 0.6) is 0 Å². The third kappa shape index (κ3) is 5.22. The molecular formula is C12H17NO4S2. The molecule has 0 bridgehead atoms. The smallest absolute Gasteiger partial charge is 0.285 e. The van der Waals surface area contributed by atoms with Gasteiger partial charge in [0.15, 0.2) is 5.37 Å². The maximum absolute atomic E-state index is 11.9. The van der Waals surface area contributed by atoms with Crippen LogP contribution in [0.25, 0.3) is 0 Å². The Morgan fingerprint density at radius 2 is 1.95 bits per heavy atom. The Hall–Kier alpha value is -1.05. The van der Waals surface area contributed by atoms with Crippen LogP contribution in [0.3, 0.4) is 0 Å². The highest BCUT2D eigenvalue weighted by Crippen LogP contribution is 2.11. The van der Waals surface area contributed by atoms with E-state index >= 15 is 0 Å². The topological polar surface area (TPSA) is 83.5 Å². The van der Waals surface area contributed by atoms with Gasteiger partial charge in [-0.15, -0.1) is 0 Å². The second-order valence-corrected chi connectivity index (χ2v) is 6.34. The van der Waals surface area contributed by atoms with Gasteiger partial charge in [0.1, 0.15) is 0 Å². The second-order valence-electron chi connectivity index (χ2n) is 4.24. The normalized spacial score (nSPS) is 14.7. The number of hydrogen-bond acceptors (Lipinski definition) is 4. The van der Waals surface area contributed by atoms with Gasteiger partial charge >= 0.3 is 0 Å². The molecule has 2 unspecified atom stereocenters. The van der Waals surface area contributed by atoms with E-state index in [0.717, 1.165) is 5.56 Å². The monoisotopic (exact) mass is 303 g/mol. The van der Waals surface area contributed by atoms with Gasteiger partial charge in [-0.1, -0.05) is 30.3 Å². The standard InChI is InChI=1S/C12H17NO4S2/c1-9(19(15,16)17)13-12(14)11(8-18)7-10-5-3-2-4-6-10/h2-6,9,11,18H,7-8H2,1H3,(H,13,14)(H,15,16,17). The minimum atomic E-state index is -4.27. The molecule has 0 radical (unpaired) electrons. The van der Waals surface area contributed by atoms with Crippen LogP contribution in [0.4, 0.5) is 0 Å². The van der Waals surface area contributed by atoms with Gasteiger partial charge in [0.25, 0.3) is 10.1 Å². The van der Waals surface area contributed by atoms with Crippen LogP contribution < -0.4 is 5.32 Å². The molecule has 1 aromatic rings. The van der Waals surface area contributed by atoms with E-state index in [4.69, 9.17) is 4.55 Å². The van der Waals surface area contributed by atoms with Crippen molar-refractivity contribution >= 4 is 28.7 Å². The first kappa shape index (κ1) is 16.0. The fourth-order valence-corrected chi connectivity index (χ4v) is 2.09. The van der Waals surface area contributed by atoms with Crippen LogP contribution in [-0.2, 0) is 21.3 Å². The molecular weight excluding hydrogens is 286 g/mol. The number of rotatable bonds is 6. The lowest BCUT2D eigenvalue weighted by atomic mass is 10.0. The fourth-order valence-electron chi connectivity index (χ4n) is 1.53. The molecule has 0 aromatic heterocycles. The van der Waals surface area contributed by atoms with Crippen molar-refractivity contribution in [2.24, 2.45) is 5.92 Å². The van der Waals surface area contributed by atoms with Crippen molar-refractivity contribution in [2.45, 2.75) is 18.7 Å². The Morgan fingerprint density at radius 3 is 2.42 bits per heavy atom. The van der Waals surface area contributed by atoms with Gasteiger partial charge in [-0.05, 0) is 18.9 Å². The maximum Gasteiger partial charge on any atom is 0.285 e. The summed E-state index contributed by atoms with van der Waals surface area (Å²) in [5, 5.41) is 0.944. The van der Waals surface area contributed by atoms with Crippen LogP contribution in [0.2, 0.25) is 0 Å². The van der Waals surface area contributed by atoms with Crippen molar-refractivity contribution in [3.05, 3.63) is 35.9 Å². The quantitative estimate of drug-likeness (QED) is 0.543. The van der Waals surface area contributed by atoms with Crippen LogP contribution in [0.1, 0.15) is 12.5 Å². The molecule has 106 valence electrons. The second kappa shape index (κ2) is 6.93. The molecule has 7 heteroatoms. The van der Waals surface area contributed by atoms with E-state index in [1.165, 1.54) is 6.92 Å². The fraction of sp³-hybridized carbons (Fsp3) is 0.417. The molecule has 0 heterocycles. The first-order chi connectivity index (χ1) is 8.84. The van der Waals surface area contributed by atoms with Gasteiger partial charge in [-0.2, -0.15) is 21.0 Å². The van der Waals surface area contributed by atoms with Gasteiger partial charge in [0, 0.05) is 5.75 Å². The van der Waals surface area contributed by atoms with E-state index in [-0.39, 0.29) is 0 Å². The number of nitrogens with one attached hydrogen (secondary N) is 1. The molecule has 19 heavy (non-hydrogen) atoms. The highest BCUT2D eigenvalue weighted by atomic mass is 32.2. The van der Waals surface area contributed by atoms with Crippen molar-refractivity contribution in [3.63, 3.8) is 0 Å². The van der Waals surface area contributed by atoms with Crippen LogP contribution in [-0.4, -0.2) is 30.0 Å². The number of thiol groups is 1. The van der Waals surface area contributed by atoms with Gasteiger partial charge in [-0.3, -0.25) is 9.35 Å². The first-order valence-corrected chi connectivity index (χ1v) is 7.89. The number of amides is 1. The summed E-state index contributed by atoms with van der Waals surface area (Å²) in [6.07, 6.45) is 0.467. The van der Waals surface area contributed by atoms with E-state index in [0.29, 0.717) is 12.2 Å². The summed E-state index contributed by atoms with van der Waals surface area (Å²) in [5.74, 6) is -0.599. The van der Waals surface area contributed by atoms with E-state index in [2.05, 4.69) is 17.9 Å². The third-order valence-electron chi connectivity index (χ3n) is 2.71. The van der Waals surface area contributed by atoms with Crippen molar-refractivity contribution < 1.29 is 17.8 Å². The van der Waals surface area contributed by atoms with Gasteiger partial charge in [0.2, 0.25) is 5.91 Å². The summed E-state index contributed by atoms with van der Waals surface area (Å²) in [4.78, 5) is 11.9. The largest absolute Gasteiger partial charge is 0.338 e. The molecule has 1 aromatic carbocycles. The summed E-state index contributed by atoms with van der Waals surface area (Å²) >= 11 is 4.11. The zero-order valence-corrected chi connectivity index (χ0v) is 12.2. The predicted molar refractivity (Wildman–Crippen MR) is 76.6 cm³/mol. The Labute approximate surface area is 118 Å². The summed E-state index contributed by atoms with van der Waals surface area (Å²) in [7, 11) is -4.27. The zero-order valence-electron chi connectivity index (χ0n) is 10.5. The highest BCUT2D eigenvalue weighted by molar-refractivity contribution is 7.86. The zero-order chi connectivity index (χ0) is 14.5. The van der Waals surface area contributed by atoms with Crippen molar-refractivity contribution in [1.29, 1.82) is 0 Å². The molecule has 0 aliphatic heterocycles. The SMILES string of the molecule is CC(NC(=O)C(CS)Cc1ccccc1)S(=O)(=O)O. The molecule has 1 amide bonds. The Kier molecular flexibility index (Phi) is 5.84. The van der Waals surface area contributed by atoms with E-state index in [9.17, 15) is 13.2 Å². The molecule has 0 aliphatic rings. The minimum Gasteiger partial charge on any atom is -0.338 e. The van der Waals surface area contributed by atoms with Gasteiger partial charge in [-0.25, -0.2) is 0 Å². The first-order valence-electron chi connectivity index (χ1n) is 5.76. The lowest BCUT2D eigenvalue weighted by Gasteiger charge is -2.17. The average molecular weight is 303 g/mol. The predicted octanol–water partition coefficient (Wildman–Crippen LogP) is 1.13. The molecule has 5 nitrogen and oxygen atoms in total. The molecule has 0 aliphatic carbocycles. The summed E-state index contributed by atoms with van der Waals surface area (Å²) in [6.45, 7) is 1.21. The van der Waals surface area contributed by atoms with Crippen LogP contribution >= 0.6 is 12.6 Å². The molecule has 0 fully saturated rings. The highest BCUT2D eigenvalue weighted by Gasteiger charge is 2.24. The summed E-state index contributed by atoms with van der Waals surface area (Å²) in [5.41, 5.74) is 0.969. The van der Waals surface area contributed by atoms with Crippen molar-refractivity contribution in [2.75, 3.05) is 5.75 Å². The molecule has 0 spiro atoms. The average Bonchev–Trinajstić information content (AvgIpc) is 2.35. The van der Waals surface area contributed by atoms with Gasteiger partial charge in [0.05, 0.1) is 5.92 Å². The van der Waals surface area contributed by atoms with E-state index in [1.54, 1.807) is 0 Å². The molecule has 0 saturated heterocycles. The minimum absolute atomic E-state index is 0.291. The van der Waals surface area contributed by atoms with Crippen LogP contribution in [0.15, 0.2) is 30.3 Å².